The van der Waals surface area contributed by atoms with E-state index in [2.05, 4.69) is 30.2 Å². The highest BCUT2D eigenvalue weighted by Gasteiger charge is 2.53. The summed E-state index contributed by atoms with van der Waals surface area (Å²) in [6.45, 7) is -1.59. The average molecular weight is 675 g/mol. The molecule has 2 fully saturated rings. The van der Waals surface area contributed by atoms with E-state index in [0.29, 0.717) is 0 Å². The van der Waals surface area contributed by atoms with Crippen molar-refractivity contribution < 1.29 is 57.3 Å². The van der Waals surface area contributed by atoms with Crippen LogP contribution in [-0.2, 0) is 32.2 Å². The second-order valence-electron chi connectivity index (χ2n) is 9.81. The number of phosphoric ester groups is 1. The average Bonchev–Trinajstić information content (AvgIpc) is 3.73. The summed E-state index contributed by atoms with van der Waals surface area (Å²) in [4.78, 5) is 46.3. The standard InChI is InChI=1S/C20H24N10O13P2/c21-15-9-6(1-2-23-15)30(28-27-9)18-12(33)13(42-44(35)36)8(41-18)4-39-45(37,38)43-14-11(32)7(3-31)40-19(14)29-5-24-10-16(29)25-20(22)26-17(10)34/h1-2,5,7-8,11-14,18-19,31-33H,3-4H2,(H6-,21,22,23,25,26,28,34,35,36,37,38)/p+1/t7-,8-,11-,12-,13-,14-,18-,19-/m1/s1. The summed E-state index contributed by atoms with van der Waals surface area (Å²) in [5, 5.41) is 39.1. The van der Waals surface area contributed by atoms with Crippen molar-refractivity contribution in [2.75, 3.05) is 24.7 Å². The molecule has 2 aliphatic heterocycles. The topological polar surface area (TPSA) is 341 Å². The number of aromatic nitrogens is 8. The number of nitrogen functional groups attached to an aromatic ring is 2. The van der Waals surface area contributed by atoms with Crippen LogP contribution in [-0.4, -0.2) is 114 Å². The zero-order valence-electron chi connectivity index (χ0n) is 22.4. The molecule has 4 aromatic heterocycles. The molecule has 4 aromatic rings. The molecule has 242 valence electrons. The molecule has 0 amide bonds. The number of phosphoric acid groups is 1. The Morgan fingerprint density at radius 3 is 2.60 bits per heavy atom. The van der Waals surface area contributed by atoms with E-state index in [1.807, 2.05) is 0 Å². The van der Waals surface area contributed by atoms with Gasteiger partial charge in [0.05, 0.1) is 25.1 Å². The Hall–Kier alpha value is -3.57. The normalized spacial score (nSPS) is 30.3. The van der Waals surface area contributed by atoms with Gasteiger partial charge in [0, 0.05) is 10.8 Å². The first-order valence-corrected chi connectivity index (χ1v) is 15.5. The van der Waals surface area contributed by atoms with Crippen LogP contribution in [0.1, 0.15) is 12.5 Å². The molecular formula is C20H25N10O13P2+. The van der Waals surface area contributed by atoms with Crippen molar-refractivity contribution in [1.29, 1.82) is 0 Å². The SMILES string of the molecule is Nc1nc2c(ncn2[C@@H]2O[C@H](CO)[C@@H](O)[C@H]2OP(=O)(O)OC[C@H]2O[C@@H](n3nnc4c(N)nccc43)[C@H](O)[C@@H]2O[P+](=O)O)c(=O)[nH]1. The largest absolute Gasteiger partial charge is 0.695 e. The van der Waals surface area contributed by atoms with E-state index in [1.54, 1.807) is 0 Å². The van der Waals surface area contributed by atoms with Crippen molar-refractivity contribution in [3.8, 4) is 0 Å². The quantitative estimate of drug-likeness (QED) is 0.0785. The van der Waals surface area contributed by atoms with Crippen molar-refractivity contribution >= 4 is 50.0 Å². The summed E-state index contributed by atoms with van der Waals surface area (Å²) in [5.41, 5.74) is 10.9. The number of imidazole rings is 1. The van der Waals surface area contributed by atoms with Crippen LogP contribution in [0.25, 0.3) is 22.2 Å². The van der Waals surface area contributed by atoms with Gasteiger partial charge in [-0.15, -0.1) is 14.5 Å². The number of anilines is 2. The molecule has 2 saturated heterocycles. The van der Waals surface area contributed by atoms with Crippen molar-refractivity contribution in [2.24, 2.45) is 0 Å². The van der Waals surface area contributed by atoms with Crippen LogP contribution in [0.4, 0.5) is 11.8 Å². The Balaban J connectivity index is 1.22. The molecule has 0 bridgehead atoms. The molecule has 45 heavy (non-hydrogen) atoms. The van der Waals surface area contributed by atoms with E-state index < -0.39 is 83.9 Å². The van der Waals surface area contributed by atoms with Gasteiger partial charge in [-0.25, -0.2) is 19.2 Å². The third kappa shape index (κ3) is 5.80. The van der Waals surface area contributed by atoms with Crippen molar-refractivity contribution in [2.45, 2.75) is 49.1 Å². The van der Waals surface area contributed by atoms with Crippen LogP contribution in [0.5, 0.6) is 0 Å². The fourth-order valence-corrected chi connectivity index (χ4v) is 6.45. The third-order valence-electron chi connectivity index (χ3n) is 7.06. The van der Waals surface area contributed by atoms with E-state index in [1.165, 1.54) is 12.3 Å². The highest BCUT2D eigenvalue weighted by molar-refractivity contribution is 7.47. The fourth-order valence-electron chi connectivity index (χ4n) is 5.05. The number of rotatable bonds is 10. The van der Waals surface area contributed by atoms with E-state index >= 15 is 0 Å². The predicted octanol–water partition coefficient (Wildman–Crippen LogP) is -2.83. The van der Waals surface area contributed by atoms with Gasteiger partial charge in [-0.05, 0) is 6.07 Å². The molecule has 0 aliphatic carbocycles. The first-order chi connectivity index (χ1) is 21.4. The first kappa shape index (κ1) is 31.4. The maximum Gasteiger partial charge on any atom is 0.695 e. The monoisotopic (exact) mass is 675 g/mol. The lowest BCUT2D eigenvalue weighted by atomic mass is 10.1. The number of hydrogen-bond donors (Lipinski definition) is 8. The number of H-pyrrole nitrogens is 1. The lowest BCUT2D eigenvalue weighted by Gasteiger charge is -2.24. The number of aliphatic hydroxyl groups is 3. The van der Waals surface area contributed by atoms with Gasteiger partial charge in [0.25, 0.3) is 5.56 Å². The lowest BCUT2D eigenvalue weighted by Crippen LogP contribution is -2.36. The Morgan fingerprint density at radius 2 is 1.87 bits per heavy atom. The molecule has 10 atom stereocenters. The van der Waals surface area contributed by atoms with Gasteiger partial charge < -0.3 is 41.2 Å². The number of fused-ring (bicyclic) bond motifs is 2. The first-order valence-electron chi connectivity index (χ1n) is 12.8. The second-order valence-corrected chi connectivity index (χ2v) is 11.9. The minimum atomic E-state index is -5.17. The van der Waals surface area contributed by atoms with Crippen LogP contribution in [0.15, 0.2) is 23.4 Å². The second kappa shape index (κ2) is 12.0. The summed E-state index contributed by atoms with van der Waals surface area (Å²) >= 11 is 0. The molecule has 23 nitrogen and oxygen atoms in total. The minimum Gasteiger partial charge on any atom is -0.394 e. The molecule has 2 aliphatic rings. The van der Waals surface area contributed by atoms with Crippen molar-refractivity contribution in [1.82, 2.24) is 39.5 Å². The Kier molecular flexibility index (Phi) is 8.36. The maximum absolute atomic E-state index is 13.1. The summed E-state index contributed by atoms with van der Waals surface area (Å²) in [7, 11) is -8.47. The fraction of sp³-hybridized carbons (Fsp3) is 0.500. The Bertz CT molecular complexity index is 1850. The molecule has 0 radical (unpaired) electrons. The molecule has 0 spiro atoms. The molecule has 6 rings (SSSR count). The summed E-state index contributed by atoms with van der Waals surface area (Å²) in [6.07, 6.45) is -9.84. The van der Waals surface area contributed by atoms with Crippen LogP contribution < -0.4 is 17.0 Å². The lowest BCUT2D eigenvalue weighted by molar-refractivity contribution is -0.0642. The smallest absolute Gasteiger partial charge is 0.394 e. The maximum atomic E-state index is 13.1. The van der Waals surface area contributed by atoms with Gasteiger partial charge in [0.1, 0.15) is 30.5 Å². The number of nitrogens with one attached hydrogen (secondary N) is 1. The molecule has 10 N–H and O–H groups in total. The zero-order chi connectivity index (χ0) is 32.2. The molecule has 6 heterocycles. The number of nitrogens with two attached hydrogens (primary N) is 2. The van der Waals surface area contributed by atoms with Gasteiger partial charge in [0.15, 0.2) is 41.1 Å². The molecule has 0 aromatic carbocycles. The van der Waals surface area contributed by atoms with E-state index in [0.717, 1.165) is 15.6 Å². The number of aliphatic hydroxyl groups excluding tert-OH is 3. The van der Waals surface area contributed by atoms with Crippen LogP contribution in [0.2, 0.25) is 0 Å². The third-order valence-corrected chi connectivity index (χ3v) is 8.46. The summed E-state index contributed by atoms with van der Waals surface area (Å²) < 4.78 is 53.5. The number of aromatic amines is 1. The van der Waals surface area contributed by atoms with Gasteiger partial charge in [0.2, 0.25) is 5.95 Å². The number of hydrogen-bond acceptors (Lipinski definition) is 18. The van der Waals surface area contributed by atoms with Gasteiger partial charge in [-0.3, -0.25) is 23.4 Å². The van der Waals surface area contributed by atoms with Crippen LogP contribution in [0, 0.1) is 0 Å². The van der Waals surface area contributed by atoms with Crippen molar-refractivity contribution in [3.63, 3.8) is 0 Å². The van der Waals surface area contributed by atoms with E-state index in [9.17, 15) is 39.0 Å². The zero-order valence-corrected chi connectivity index (χ0v) is 24.2. The van der Waals surface area contributed by atoms with E-state index in [4.69, 9.17) is 34.5 Å². The Morgan fingerprint density at radius 1 is 1.11 bits per heavy atom. The molecule has 2 unspecified atom stereocenters. The van der Waals surface area contributed by atoms with Gasteiger partial charge in [-0.1, -0.05) is 5.21 Å². The number of nitrogens with zero attached hydrogens (tertiary/aromatic N) is 7. The minimum absolute atomic E-state index is 0.0327. The number of pyridine rings is 1. The van der Waals surface area contributed by atoms with Gasteiger partial charge in [-0.2, -0.15) is 4.98 Å². The highest BCUT2D eigenvalue weighted by Crippen LogP contribution is 2.50. The Labute approximate surface area is 249 Å². The van der Waals surface area contributed by atoms with Crippen LogP contribution >= 0.6 is 16.1 Å². The van der Waals surface area contributed by atoms with E-state index in [-0.39, 0.29) is 34.0 Å². The molecule has 0 saturated carbocycles. The van der Waals surface area contributed by atoms with Gasteiger partial charge >= 0.3 is 16.1 Å². The summed E-state index contributed by atoms with van der Waals surface area (Å²) in [6, 6.07) is 1.47. The molecular weight excluding hydrogens is 650 g/mol. The van der Waals surface area contributed by atoms with Crippen molar-refractivity contribution in [3.05, 3.63) is 28.9 Å². The molecule has 25 heteroatoms. The number of ether oxygens (including phenoxy) is 2. The summed E-state index contributed by atoms with van der Waals surface area (Å²) in [5.74, 6) is -0.247. The highest BCUT2D eigenvalue weighted by atomic mass is 31.2. The van der Waals surface area contributed by atoms with Crippen LogP contribution in [0.3, 0.4) is 0 Å². The predicted molar refractivity (Wildman–Crippen MR) is 145 cm³/mol.